The predicted molar refractivity (Wildman–Crippen MR) is 69.4 cm³/mol. The molecule has 0 unspecified atom stereocenters. The average molecular weight is 349 g/mol. The van der Waals surface area contributed by atoms with E-state index in [0.717, 1.165) is 7.78 Å². The quantitative estimate of drug-likeness (QED) is 0.662. The van der Waals surface area contributed by atoms with Gasteiger partial charge >= 0.3 is 5.97 Å². The Balaban J connectivity index is 2.83. The number of carbonyl (C=O) groups excluding carboxylic acids is 1. The van der Waals surface area contributed by atoms with Crippen molar-refractivity contribution < 1.29 is 14.7 Å². The number of aliphatic carboxylic acids is 1. The maximum atomic E-state index is 11.9. The molecule has 0 aliphatic carbocycles. The van der Waals surface area contributed by atoms with E-state index in [1.165, 1.54) is 11.3 Å². The Morgan fingerprint density at radius 2 is 2.31 bits per heavy atom. The summed E-state index contributed by atoms with van der Waals surface area (Å²) >= 11 is 3.52. The minimum absolute atomic E-state index is 0.00242. The van der Waals surface area contributed by atoms with E-state index in [1.807, 2.05) is 0 Å². The highest BCUT2D eigenvalue weighted by Crippen LogP contribution is 2.18. The van der Waals surface area contributed by atoms with Crippen molar-refractivity contribution in [3.05, 3.63) is 19.9 Å². The fourth-order valence-corrected chi connectivity index (χ4v) is 2.40. The molecule has 1 amide bonds. The second-order valence-corrected chi connectivity index (χ2v) is 5.70. The van der Waals surface area contributed by atoms with Crippen molar-refractivity contribution in [1.29, 1.82) is 0 Å². The lowest BCUT2D eigenvalue weighted by atomic mass is 10.3. The van der Waals surface area contributed by atoms with Crippen molar-refractivity contribution in [2.45, 2.75) is 0 Å². The molecule has 84 valence electrons. The number of terminal acetylenes is 1. The molecule has 1 heterocycles. The number of carbonyl (C=O) groups is 2. The predicted octanol–water partition coefficient (Wildman–Crippen LogP) is 1.51. The third kappa shape index (κ3) is 3.50. The van der Waals surface area contributed by atoms with E-state index in [2.05, 4.69) is 28.5 Å². The normalized spacial score (nSPS) is 9.50. The monoisotopic (exact) mass is 349 g/mol. The van der Waals surface area contributed by atoms with Crippen LogP contribution in [0, 0.1) is 15.2 Å². The summed E-state index contributed by atoms with van der Waals surface area (Å²) in [6.45, 7) is -0.382. The number of thiophene rings is 1. The zero-order valence-electron chi connectivity index (χ0n) is 8.14. The molecule has 0 saturated carbocycles. The molecule has 0 aliphatic heterocycles. The number of halogens is 1. The van der Waals surface area contributed by atoms with Gasteiger partial charge in [0, 0.05) is 5.38 Å². The Labute approximate surface area is 110 Å². The summed E-state index contributed by atoms with van der Waals surface area (Å²) in [5.74, 6) is 0.851. The lowest BCUT2D eigenvalue weighted by molar-refractivity contribution is -0.137. The fraction of sp³-hybridized carbons (Fsp3) is 0.200. The van der Waals surface area contributed by atoms with Crippen LogP contribution in [0.25, 0.3) is 0 Å². The molecule has 1 aromatic rings. The standard InChI is InChI=1S/C10H8INO3S/c1-2-3-12(5-9(13)14)10(15)7-4-8(11)16-6-7/h1,4,6H,3,5H2,(H,13,14). The Morgan fingerprint density at radius 3 is 2.75 bits per heavy atom. The molecule has 0 atom stereocenters. The summed E-state index contributed by atoms with van der Waals surface area (Å²) in [5.41, 5.74) is 0.478. The van der Waals surface area contributed by atoms with Crippen molar-refractivity contribution in [3.63, 3.8) is 0 Å². The van der Waals surface area contributed by atoms with Gasteiger partial charge in [-0.25, -0.2) is 0 Å². The smallest absolute Gasteiger partial charge is 0.323 e. The highest BCUT2D eigenvalue weighted by molar-refractivity contribution is 14.1. The topological polar surface area (TPSA) is 57.6 Å². The van der Waals surface area contributed by atoms with Crippen LogP contribution < -0.4 is 0 Å². The second-order valence-electron chi connectivity index (χ2n) is 2.90. The number of carboxylic acids is 1. The lowest BCUT2D eigenvalue weighted by Gasteiger charge is -2.16. The van der Waals surface area contributed by atoms with Crippen LogP contribution in [0.1, 0.15) is 10.4 Å². The van der Waals surface area contributed by atoms with Crippen LogP contribution in [0.5, 0.6) is 0 Å². The van der Waals surface area contributed by atoms with Crippen LogP contribution in [0.2, 0.25) is 0 Å². The van der Waals surface area contributed by atoms with E-state index in [-0.39, 0.29) is 19.0 Å². The van der Waals surface area contributed by atoms with Gasteiger partial charge in [0.1, 0.15) is 6.54 Å². The van der Waals surface area contributed by atoms with E-state index in [4.69, 9.17) is 11.5 Å². The molecule has 1 N–H and O–H groups in total. The molecule has 0 aliphatic rings. The zero-order valence-corrected chi connectivity index (χ0v) is 11.1. The van der Waals surface area contributed by atoms with Crippen LogP contribution >= 0.6 is 33.9 Å². The molecule has 0 bridgehead atoms. The van der Waals surface area contributed by atoms with Gasteiger partial charge in [0.2, 0.25) is 0 Å². The molecule has 4 nitrogen and oxygen atoms in total. The van der Waals surface area contributed by atoms with Crippen LogP contribution in [0.15, 0.2) is 11.4 Å². The summed E-state index contributed by atoms with van der Waals surface area (Å²) in [5, 5.41) is 10.3. The molecule has 0 radical (unpaired) electrons. The van der Waals surface area contributed by atoms with E-state index in [0.29, 0.717) is 5.56 Å². The third-order valence-corrected chi connectivity index (χ3v) is 3.50. The number of hydrogen-bond donors (Lipinski definition) is 1. The minimum Gasteiger partial charge on any atom is -0.480 e. The van der Waals surface area contributed by atoms with E-state index >= 15 is 0 Å². The molecule has 16 heavy (non-hydrogen) atoms. The summed E-state index contributed by atoms with van der Waals surface area (Å²) in [6.07, 6.45) is 5.09. The van der Waals surface area contributed by atoms with Gasteiger partial charge in [0.15, 0.2) is 0 Å². The minimum atomic E-state index is -1.08. The summed E-state index contributed by atoms with van der Waals surface area (Å²) in [6, 6.07) is 1.71. The van der Waals surface area contributed by atoms with Gasteiger partial charge < -0.3 is 10.0 Å². The summed E-state index contributed by atoms with van der Waals surface area (Å²) in [7, 11) is 0. The van der Waals surface area contributed by atoms with Crippen LogP contribution in [0.4, 0.5) is 0 Å². The van der Waals surface area contributed by atoms with Gasteiger partial charge in [0.25, 0.3) is 5.91 Å². The largest absolute Gasteiger partial charge is 0.480 e. The number of rotatable bonds is 4. The van der Waals surface area contributed by atoms with E-state index < -0.39 is 5.97 Å². The third-order valence-electron chi connectivity index (χ3n) is 1.71. The molecule has 6 heteroatoms. The summed E-state index contributed by atoms with van der Waals surface area (Å²) < 4.78 is 0.969. The first-order chi connectivity index (χ1) is 7.54. The maximum absolute atomic E-state index is 11.9. The molecule has 0 saturated heterocycles. The van der Waals surface area contributed by atoms with Gasteiger partial charge in [-0.1, -0.05) is 5.92 Å². The van der Waals surface area contributed by atoms with Crippen molar-refractivity contribution in [2.24, 2.45) is 0 Å². The highest BCUT2D eigenvalue weighted by Gasteiger charge is 2.18. The molecule has 0 spiro atoms. The first-order valence-corrected chi connectivity index (χ1v) is 6.19. The second kappa shape index (κ2) is 5.86. The zero-order chi connectivity index (χ0) is 12.1. The number of carboxylic acid groups (broad SMARTS) is 1. The first-order valence-electron chi connectivity index (χ1n) is 4.23. The average Bonchev–Trinajstić information content (AvgIpc) is 2.62. The molecule has 0 fully saturated rings. The molecule has 1 aromatic heterocycles. The Kier molecular flexibility index (Phi) is 4.76. The van der Waals surface area contributed by atoms with Gasteiger partial charge in [-0.3, -0.25) is 9.59 Å². The maximum Gasteiger partial charge on any atom is 0.323 e. The Bertz CT molecular complexity index is 449. The Hall–Kier alpha value is -1.07. The Morgan fingerprint density at radius 1 is 1.62 bits per heavy atom. The van der Waals surface area contributed by atoms with Crippen molar-refractivity contribution in [1.82, 2.24) is 4.90 Å². The molecular weight excluding hydrogens is 341 g/mol. The van der Waals surface area contributed by atoms with Gasteiger partial charge in [0.05, 0.1) is 15.0 Å². The molecular formula is C10H8INO3S. The van der Waals surface area contributed by atoms with E-state index in [1.54, 1.807) is 11.4 Å². The number of amides is 1. The molecule has 1 rings (SSSR count). The van der Waals surface area contributed by atoms with E-state index in [9.17, 15) is 9.59 Å². The SMILES string of the molecule is C#CCN(CC(=O)O)C(=O)c1csc(I)c1. The summed E-state index contributed by atoms with van der Waals surface area (Å²) in [4.78, 5) is 23.5. The number of hydrogen-bond acceptors (Lipinski definition) is 3. The number of nitrogens with zero attached hydrogens (tertiary/aromatic N) is 1. The van der Waals surface area contributed by atoms with Crippen molar-refractivity contribution >= 4 is 45.8 Å². The van der Waals surface area contributed by atoms with Gasteiger partial charge in [-0.15, -0.1) is 17.8 Å². The van der Waals surface area contributed by atoms with Crippen LogP contribution in [0.3, 0.4) is 0 Å². The van der Waals surface area contributed by atoms with Crippen LogP contribution in [-0.4, -0.2) is 35.0 Å². The van der Waals surface area contributed by atoms with Crippen LogP contribution in [-0.2, 0) is 4.79 Å². The first kappa shape index (κ1) is 13.0. The highest BCUT2D eigenvalue weighted by atomic mass is 127. The lowest BCUT2D eigenvalue weighted by Crippen LogP contribution is -2.35. The van der Waals surface area contributed by atoms with Gasteiger partial charge in [-0.2, -0.15) is 0 Å². The molecule has 0 aromatic carbocycles. The van der Waals surface area contributed by atoms with Crippen molar-refractivity contribution in [3.8, 4) is 12.3 Å². The van der Waals surface area contributed by atoms with Crippen molar-refractivity contribution in [2.75, 3.05) is 13.1 Å². The van der Waals surface area contributed by atoms with Gasteiger partial charge in [-0.05, 0) is 28.7 Å². The fourth-order valence-electron chi connectivity index (χ4n) is 1.08.